The van der Waals surface area contributed by atoms with Gasteiger partial charge in [0.25, 0.3) is 5.91 Å². The number of nitrogens with one attached hydrogen (secondary N) is 1. The summed E-state index contributed by atoms with van der Waals surface area (Å²) in [5.74, 6) is -0.231. The molecular weight excluding hydrogens is 404 g/mol. The molecule has 8 heteroatoms. The molecule has 30 heavy (non-hydrogen) atoms. The van der Waals surface area contributed by atoms with Crippen molar-refractivity contribution in [3.05, 3.63) is 83.3 Å². The quantitative estimate of drug-likeness (QED) is 0.579. The Kier molecular flexibility index (Phi) is 6.19. The number of anilines is 1. The number of Topliss-reactive ketones (excluding diaryl/α,β-unsaturated/α-hetero) is 1. The molecule has 0 radical (unpaired) electrons. The maximum absolute atomic E-state index is 12.7. The van der Waals surface area contributed by atoms with Gasteiger partial charge in [0.1, 0.15) is 5.76 Å². The molecule has 0 spiro atoms. The van der Waals surface area contributed by atoms with Gasteiger partial charge in [0, 0.05) is 18.3 Å². The third kappa shape index (κ3) is 4.84. The molecule has 0 fully saturated rings. The first-order valence-electron chi connectivity index (χ1n) is 9.21. The molecule has 3 rings (SSSR count). The van der Waals surface area contributed by atoms with Gasteiger partial charge in [0.15, 0.2) is 11.5 Å². The first-order chi connectivity index (χ1) is 14.2. The molecule has 156 valence electrons. The molecule has 1 amide bonds. The molecular formula is C22H22N2O5S. The Morgan fingerprint density at radius 3 is 2.40 bits per heavy atom. The maximum atomic E-state index is 12.7. The number of nitrogens with zero attached hydrogens (tertiary/aromatic N) is 1. The van der Waals surface area contributed by atoms with E-state index < -0.39 is 15.9 Å². The molecule has 0 saturated carbocycles. The van der Waals surface area contributed by atoms with Gasteiger partial charge in [0.05, 0.1) is 11.4 Å². The lowest BCUT2D eigenvalue weighted by atomic mass is 10.1. The van der Waals surface area contributed by atoms with Gasteiger partial charge in [-0.05, 0) is 50.2 Å². The van der Waals surface area contributed by atoms with Crippen LogP contribution in [0.4, 0.5) is 5.69 Å². The second-order valence-corrected chi connectivity index (χ2v) is 8.98. The predicted molar refractivity (Wildman–Crippen MR) is 113 cm³/mol. The minimum atomic E-state index is -3.69. The Hall–Kier alpha value is -3.23. The standard InChI is InChI=1S/C22H22N2O5S/c1-15-7-10-20(11-8-15)30(27,28)24(3)14-19-9-12-21(29-19)22(26)23-18-6-4-5-17(13-18)16(2)25/h4-13H,14H2,1-3H3,(H,23,26). The van der Waals surface area contributed by atoms with Crippen LogP contribution in [0.3, 0.4) is 0 Å². The van der Waals surface area contributed by atoms with E-state index >= 15 is 0 Å². The number of ketones is 1. The molecule has 3 aromatic rings. The largest absolute Gasteiger partial charge is 0.455 e. The summed E-state index contributed by atoms with van der Waals surface area (Å²) in [5.41, 5.74) is 1.91. The summed E-state index contributed by atoms with van der Waals surface area (Å²) in [7, 11) is -2.24. The van der Waals surface area contributed by atoms with E-state index in [2.05, 4.69) is 5.32 Å². The first-order valence-corrected chi connectivity index (χ1v) is 10.6. The fourth-order valence-corrected chi connectivity index (χ4v) is 3.93. The topological polar surface area (TPSA) is 96.7 Å². The molecule has 2 aromatic carbocycles. The Labute approximate surface area is 175 Å². The molecule has 0 unspecified atom stereocenters. The summed E-state index contributed by atoms with van der Waals surface area (Å²) in [5, 5.41) is 2.66. The Bertz CT molecular complexity index is 1180. The van der Waals surface area contributed by atoms with Crippen molar-refractivity contribution in [3.8, 4) is 0 Å². The SMILES string of the molecule is CC(=O)c1cccc(NC(=O)c2ccc(CN(C)S(=O)(=O)c3ccc(C)cc3)o2)c1. The number of hydrogen-bond donors (Lipinski definition) is 1. The van der Waals surface area contributed by atoms with Crippen LogP contribution >= 0.6 is 0 Å². The number of furan rings is 1. The molecule has 0 atom stereocenters. The van der Waals surface area contributed by atoms with Gasteiger partial charge >= 0.3 is 0 Å². The van der Waals surface area contributed by atoms with Crippen molar-refractivity contribution in [3.63, 3.8) is 0 Å². The molecule has 0 bridgehead atoms. The summed E-state index contributed by atoms with van der Waals surface area (Å²) < 4.78 is 32.1. The number of amides is 1. The summed E-state index contributed by atoms with van der Waals surface area (Å²) in [6, 6.07) is 16.2. The highest BCUT2D eigenvalue weighted by Gasteiger charge is 2.22. The van der Waals surface area contributed by atoms with Crippen molar-refractivity contribution in [1.82, 2.24) is 4.31 Å². The summed E-state index contributed by atoms with van der Waals surface area (Å²) in [6.07, 6.45) is 0. The van der Waals surface area contributed by atoms with Gasteiger partial charge in [-0.25, -0.2) is 8.42 Å². The lowest BCUT2D eigenvalue weighted by Crippen LogP contribution is -2.26. The number of hydrogen-bond acceptors (Lipinski definition) is 5. The van der Waals surface area contributed by atoms with E-state index in [0.717, 1.165) is 9.87 Å². The number of aryl methyl sites for hydroxylation is 1. The fraction of sp³-hybridized carbons (Fsp3) is 0.182. The average Bonchev–Trinajstić information content (AvgIpc) is 3.17. The molecule has 0 aliphatic carbocycles. The summed E-state index contributed by atoms with van der Waals surface area (Å²) in [4.78, 5) is 24.1. The van der Waals surface area contributed by atoms with Crippen LogP contribution in [0.15, 0.2) is 70.0 Å². The van der Waals surface area contributed by atoms with Crippen molar-refractivity contribution in [2.75, 3.05) is 12.4 Å². The Morgan fingerprint density at radius 1 is 1.03 bits per heavy atom. The third-order valence-electron chi connectivity index (χ3n) is 4.52. The van der Waals surface area contributed by atoms with Crippen LogP contribution in [0.1, 0.15) is 39.2 Å². The van der Waals surface area contributed by atoms with Crippen LogP contribution in [-0.2, 0) is 16.6 Å². The van der Waals surface area contributed by atoms with Crippen molar-refractivity contribution in [1.29, 1.82) is 0 Å². The highest BCUT2D eigenvalue weighted by atomic mass is 32.2. The zero-order valence-corrected chi connectivity index (χ0v) is 17.7. The fourth-order valence-electron chi connectivity index (χ4n) is 2.79. The van der Waals surface area contributed by atoms with Crippen LogP contribution < -0.4 is 5.32 Å². The third-order valence-corrected chi connectivity index (χ3v) is 6.34. The van der Waals surface area contributed by atoms with Crippen LogP contribution in [0.25, 0.3) is 0 Å². The van der Waals surface area contributed by atoms with Gasteiger partial charge in [-0.1, -0.05) is 29.8 Å². The molecule has 7 nitrogen and oxygen atoms in total. The Morgan fingerprint density at radius 2 is 1.73 bits per heavy atom. The number of carbonyl (C=O) groups is 2. The molecule has 0 saturated heterocycles. The van der Waals surface area contributed by atoms with E-state index in [1.807, 2.05) is 6.92 Å². The molecule has 1 heterocycles. The van der Waals surface area contributed by atoms with Gasteiger partial charge in [-0.2, -0.15) is 4.31 Å². The van der Waals surface area contributed by atoms with E-state index in [-0.39, 0.29) is 23.0 Å². The van der Waals surface area contributed by atoms with Crippen molar-refractivity contribution in [2.45, 2.75) is 25.3 Å². The van der Waals surface area contributed by atoms with E-state index in [9.17, 15) is 18.0 Å². The van der Waals surface area contributed by atoms with E-state index in [0.29, 0.717) is 17.0 Å². The van der Waals surface area contributed by atoms with E-state index in [1.54, 1.807) is 54.6 Å². The van der Waals surface area contributed by atoms with Gasteiger partial charge in [-0.15, -0.1) is 0 Å². The van der Waals surface area contributed by atoms with Crippen LogP contribution in [-0.4, -0.2) is 31.5 Å². The minimum absolute atomic E-state index is 0.0245. The highest BCUT2D eigenvalue weighted by Crippen LogP contribution is 2.19. The monoisotopic (exact) mass is 426 g/mol. The zero-order chi connectivity index (χ0) is 21.9. The maximum Gasteiger partial charge on any atom is 0.291 e. The number of rotatable bonds is 7. The number of carbonyl (C=O) groups excluding carboxylic acids is 2. The molecule has 0 aliphatic heterocycles. The second kappa shape index (κ2) is 8.64. The minimum Gasteiger partial charge on any atom is -0.455 e. The number of sulfonamides is 1. The Balaban J connectivity index is 1.70. The van der Waals surface area contributed by atoms with Crippen LogP contribution in [0.5, 0.6) is 0 Å². The van der Waals surface area contributed by atoms with Crippen molar-refractivity contribution >= 4 is 27.4 Å². The van der Waals surface area contributed by atoms with Gasteiger partial charge < -0.3 is 9.73 Å². The highest BCUT2D eigenvalue weighted by molar-refractivity contribution is 7.89. The average molecular weight is 426 g/mol. The normalized spacial score (nSPS) is 11.5. The lowest BCUT2D eigenvalue weighted by molar-refractivity contribution is 0.0990. The molecule has 1 aromatic heterocycles. The second-order valence-electron chi connectivity index (χ2n) is 6.93. The van der Waals surface area contributed by atoms with E-state index in [1.165, 1.54) is 20.0 Å². The summed E-state index contributed by atoms with van der Waals surface area (Å²) in [6.45, 7) is 3.30. The van der Waals surface area contributed by atoms with Gasteiger partial charge in [0.2, 0.25) is 10.0 Å². The zero-order valence-electron chi connectivity index (χ0n) is 16.9. The lowest BCUT2D eigenvalue weighted by Gasteiger charge is -2.16. The predicted octanol–water partition coefficient (Wildman–Crippen LogP) is 3.86. The van der Waals surface area contributed by atoms with Crippen LogP contribution in [0, 0.1) is 6.92 Å². The number of benzene rings is 2. The van der Waals surface area contributed by atoms with Gasteiger partial charge in [-0.3, -0.25) is 9.59 Å². The van der Waals surface area contributed by atoms with Crippen LogP contribution in [0.2, 0.25) is 0 Å². The van der Waals surface area contributed by atoms with Crippen molar-refractivity contribution in [2.24, 2.45) is 0 Å². The van der Waals surface area contributed by atoms with E-state index in [4.69, 9.17) is 4.42 Å². The molecule has 0 aliphatic rings. The summed E-state index contributed by atoms with van der Waals surface area (Å²) >= 11 is 0. The smallest absolute Gasteiger partial charge is 0.291 e. The molecule has 1 N–H and O–H groups in total. The first kappa shape index (κ1) is 21.5. The van der Waals surface area contributed by atoms with Crippen molar-refractivity contribution < 1.29 is 22.4 Å².